The number of hydrogen-bond acceptors (Lipinski definition) is 4. The zero-order chi connectivity index (χ0) is 15.3. The van der Waals surface area contributed by atoms with Gasteiger partial charge in [-0.2, -0.15) is 0 Å². The first-order valence-electron chi connectivity index (χ1n) is 6.13. The van der Waals surface area contributed by atoms with Crippen LogP contribution in [-0.2, 0) is 9.53 Å². The normalized spacial score (nSPS) is 10.2. The van der Waals surface area contributed by atoms with E-state index in [4.69, 9.17) is 0 Å². The highest BCUT2D eigenvalue weighted by atomic mass is 28.3. The summed E-state index contributed by atoms with van der Waals surface area (Å²) in [6, 6.07) is 3.10. The number of methoxy groups -OCH3 is 1. The molecule has 0 bridgehead atoms. The van der Waals surface area contributed by atoms with Gasteiger partial charge in [0.15, 0.2) is 0 Å². The van der Waals surface area contributed by atoms with Crippen LogP contribution in [0.3, 0.4) is 0 Å². The van der Waals surface area contributed by atoms with Crippen LogP contribution < -0.4 is 5.32 Å². The van der Waals surface area contributed by atoms with Crippen molar-refractivity contribution in [3.63, 3.8) is 0 Å². The fraction of sp³-hybridized carbons (Fsp3) is 0.357. The van der Waals surface area contributed by atoms with E-state index in [-0.39, 0.29) is 11.6 Å². The molecule has 0 atom stereocenters. The van der Waals surface area contributed by atoms with E-state index in [1.165, 1.54) is 20.1 Å². The first-order chi connectivity index (χ1) is 9.23. The highest BCUT2D eigenvalue weighted by Gasteiger charge is 2.13. The SMILES string of the molecule is COC(=O)c1ccc(NC(C)=O)c(C#C[Si](C)(C)C)n1. The molecule has 0 aliphatic rings. The summed E-state index contributed by atoms with van der Waals surface area (Å²) >= 11 is 0. The van der Waals surface area contributed by atoms with Gasteiger partial charge in [-0.15, -0.1) is 5.54 Å². The third-order valence-electron chi connectivity index (χ3n) is 2.16. The third kappa shape index (κ3) is 4.86. The van der Waals surface area contributed by atoms with Gasteiger partial charge in [-0.1, -0.05) is 25.6 Å². The minimum Gasteiger partial charge on any atom is -0.464 e. The summed E-state index contributed by atoms with van der Waals surface area (Å²) < 4.78 is 4.63. The van der Waals surface area contributed by atoms with Crippen molar-refractivity contribution in [2.45, 2.75) is 26.6 Å². The largest absolute Gasteiger partial charge is 0.464 e. The standard InChI is InChI=1S/C14H18N2O3Si/c1-10(17)15-11-6-7-13(14(18)19-2)16-12(11)8-9-20(3,4)5/h6-7H,1-5H3,(H,15,17). The van der Waals surface area contributed by atoms with Crippen LogP contribution in [-0.4, -0.2) is 32.0 Å². The Morgan fingerprint density at radius 3 is 2.45 bits per heavy atom. The van der Waals surface area contributed by atoms with Crippen molar-refractivity contribution < 1.29 is 14.3 Å². The Morgan fingerprint density at radius 1 is 1.30 bits per heavy atom. The molecule has 1 heterocycles. The Bertz CT molecular complexity index is 595. The number of ether oxygens (including phenoxy) is 1. The van der Waals surface area contributed by atoms with E-state index in [0.717, 1.165) is 0 Å². The van der Waals surface area contributed by atoms with E-state index >= 15 is 0 Å². The maximum atomic E-state index is 11.5. The van der Waals surface area contributed by atoms with Gasteiger partial charge in [-0.3, -0.25) is 4.79 Å². The van der Waals surface area contributed by atoms with Gasteiger partial charge in [0.2, 0.25) is 5.91 Å². The Morgan fingerprint density at radius 2 is 1.95 bits per heavy atom. The fourth-order valence-corrected chi connectivity index (χ4v) is 1.80. The molecule has 1 amide bonds. The molecule has 106 valence electrons. The van der Waals surface area contributed by atoms with Crippen LogP contribution in [0.25, 0.3) is 0 Å². The monoisotopic (exact) mass is 290 g/mol. The Labute approximate surface area is 119 Å². The lowest BCUT2D eigenvalue weighted by atomic mass is 10.2. The molecule has 1 rings (SSSR count). The van der Waals surface area contributed by atoms with Crippen LogP contribution >= 0.6 is 0 Å². The van der Waals surface area contributed by atoms with Crippen LogP contribution in [0.2, 0.25) is 19.6 Å². The highest BCUT2D eigenvalue weighted by Crippen LogP contribution is 2.14. The number of esters is 1. The molecule has 0 unspecified atom stereocenters. The number of anilines is 1. The average molecular weight is 290 g/mol. The van der Waals surface area contributed by atoms with Crippen LogP contribution in [0.5, 0.6) is 0 Å². The molecule has 0 aliphatic carbocycles. The molecule has 0 saturated carbocycles. The summed E-state index contributed by atoms with van der Waals surface area (Å²) in [5.74, 6) is 2.21. The van der Waals surface area contributed by atoms with E-state index < -0.39 is 14.0 Å². The second kappa shape index (κ2) is 6.35. The highest BCUT2D eigenvalue weighted by molar-refractivity contribution is 6.83. The summed E-state index contributed by atoms with van der Waals surface area (Å²) in [6.45, 7) is 7.70. The predicted octanol–water partition coefficient (Wildman–Crippen LogP) is 2.06. The lowest BCUT2D eigenvalue weighted by Crippen LogP contribution is -2.17. The molecule has 0 spiro atoms. The van der Waals surface area contributed by atoms with Crippen molar-refractivity contribution in [1.82, 2.24) is 4.98 Å². The number of nitrogens with one attached hydrogen (secondary N) is 1. The molecule has 0 aromatic carbocycles. The van der Waals surface area contributed by atoms with Gasteiger partial charge in [-0.05, 0) is 12.1 Å². The number of pyridine rings is 1. The van der Waals surface area contributed by atoms with Gasteiger partial charge in [0.1, 0.15) is 19.5 Å². The number of nitrogens with zero attached hydrogens (tertiary/aromatic N) is 1. The summed E-state index contributed by atoms with van der Waals surface area (Å²) in [5, 5.41) is 2.65. The van der Waals surface area contributed by atoms with Crippen molar-refractivity contribution in [2.75, 3.05) is 12.4 Å². The summed E-state index contributed by atoms with van der Waals surface area (Å²) in [6.07, 6.45) is 0. The molecule has 1 aromatic rings. The molecule has 6 heteroatoms. The van der Waals surface area contributed by atoms with Gasteiger partial charge >= 0.3 is 5.97 Å². The van der Waals surface area contributed by atoms with Crippen molar-refractivity contribution in [3.8, 4) is 11.5 Å². The number of aromatic nitrogens is 1. The van der Waals surface area contributed by atoms with Crippen LogP contribution in [0, 0.1) is 11.5 Å². The number of carbonyl (C=O) groups excluding carboxylic acids is 2. The van der Waals surface area contributed by atoms with E-state index in [9.17, 15) is 9.59 Å². The minimum atomic E-state index is -1.59. The number of amides is 1. The fourth-order valence-electron chi connectivity index (χ4n) is 1.31. The Kier molecular flexibility index (Phi) is 5.05. The summed E-state index contributed by atoms with van der Waals surface area (Å²) in [4.78, 5) is 26.8. The lowest BCUT2D eigenvalue weighted by Gasteiger charge is -2.08. The van der Waals surface area contributed by atoms with Gasteiger partial charge in [-0.25, -0.2) is 9.78 Å². The summed E-state index contributed by atoms with van der Waals surface area (Å²) in [7, 11) is -0.295. The zero-order valence-electron chi connectivity index (χ0n) is 12.3. The summed E-state index contributed by atoms with van der Waals surface area (Å²) in [5.41, 5.74) is 4.20. The molecule has 1 aromatic heterocycles. The molecule has 0 saturated heterocycles. The zero-order valence-corrected chi connectivity index (χ0v) is 13.3. The van der Waals surface area contributed by atoms with E-state index in [2.05, 4.69) is 46.1 Å². The van der Waals surface area contributed by atoms with Crippen molar-refractivity contribution in [2.24, 2.45) is 0 Å². The smallest absolute Gasteiger partial charge is 0.356 e. The Balaban J connectivity index is 3.28. The molecule has 0 aliphatic heterocycles. The van der Waals surface area contributed by atoms with Gasteiger partial charge < -0.3 is 10.1 Å². The molecule has 1 N–H and O–H groups in total. The van der Waals surface area contributed by atoms with Crippen LogP contribution in [0.15, 0.2) is 12.1 Å². The Hall–Kier alpha value is -2.13. The molecular weight excluding hydrogens is 272 g/mol. The molecule has 5 nitrogen and oxygen atoms in total. The van der Waals surface area contributed by atoms with Gasteiger partial charge in [0.25, 0.3) is 0 Å². The maximum absolute atomic E-state index is 11.5. The van der Waals surface area contributed by atoms with E-state index in [1.807, 2.05) is 0 Å². The van der Waals surface area contributed by atoms with Gasteiger partial charge in [0, 0.05) is 6.92 Å². The van der Waals surface area contributed by atoms with Crippen molar-refractivity contribution >= 4 is 25.6 Å². The second-order valence-electron chi connectivity index (χ2n) is 5.27. The number of hydrogen-bond donors (Lipinski definition) is 1. The van der Waals surface area contributed by atoms with Gasteiger partial charge in [0.05, 0.1) is 12.8 Å². The maximum Gasteiger partial charge on any atom is 0.356 e. The van der Waals surface area contributed by atoms with Crippen molar-refractivity contribution in [3.05, 3.63) is 23.5 Å². The average Bonchev–Trinajstić information content (AvgIpc) is 2.35. The molecule has 20 heavy (non-hydrogen) atoms. The van der Waals surface area contributed by atoms with E-state index in [1.54, 1.807) is 6.07 Å². The predicted molar refractivity (Wildman–Crippen MR) is 80.1 cm³/mol. The van der Waals surface area contributed by atoms with Crippen LogP contribution in [0.4, 0.5) is 5.69 Å². The molecule has 0 radical (unpaired) electrons. The quantitative estimate of drug-likeness (QED) is 0.514. The number of carbonyl (C=O) groups is 2. The third-order valence-corrected chi connectivity index (χ3v) is 3.03. The minimum absolute atomic E-state index is 0.168. The topological polar surface area (TPSA) is 68.3 Å². The van der Waals surface area contributed by atoms with Crippen molar-refractivity contribution in [1.29, 1.82) is 0 Å². The molecule has 0 fully saturated rings. The number of rotatable bonds is 2. The first-order valence-corrected chi connectivity index (χ1v) is 9.63. The second-order valence-corrected chi connectivity index (χ2v) is 10.0. The van der Waals surface area contributed by atoms with Crippen LogP contribution in [0.1, 0.15) is 23.1 Å². The van der Waals surface area contributed by atoms with E-state index in [0.29, 0.717) is 11.4 Å². The first kappa shape index (κ1) is 15.9. The lowest BCUT2D eigenvalue weighted by molar-refractivity contribution is -0.114. The molecular formula is C14H18N2O3Si.